The van der Waals surface area contributed by atoms with Gasteiger partial charge in [-0.05, 0) is 11.8 Å². The third-order valence-corrected chi connectivity index (χ3v) is 2.70. The van der Waals surface area contributed by atoms with Crippen LogP contribution in [0.5, 0.6) is 0 Å². The third kappa shape index (κ3) is 3.03. The van der Waals surface area contributed by atoms with Gasteiger partial charge in [0.25, 0.3) is 0 Å². The first kappa shape index (κ1) is 11.1. The Balaban J connectivity index is 1.88. The van der Waals surface area contributed by atoms with Crippen LogP contribution < -0.4 is 5.32 Å². The first-order valence-corrected chi connectivity index (χ1v) is 6.19. The Morgan fingerprint density at radius 2 is 2.12 bits per heavy atom. The molecule has 0 saturated heterocycles. The molecule has 0 amide bonds. The molecule has 1 heterocycles. The van der Waals surface area contributed by atoms with Gasteiger partial charge < -0.3 is 10.1 Å². The molecule has 3 nitrogen and oxygen atoms in total. The van der Waals surface area contributed by atoms with E-state index in [1.54, 1.807) is 18.0 Å². The zero-order valence-electron chi connectivity index (χ0n) is 9.01. The van der Waals surface area contributed by atoms with Crippen molar-refractivity contribution in [2.24, 2.45) is 4.99 Å². The number of hydrogen-bond acceptors (Lipinski definition) is 4. The van der Waals surface area contributed by atoms with Crippen LogP contribution in [0.4, 0.5) is 0 Å². The summed E-state index contributed by atoms with van der Waals surface area (Å²) in [7, 11) is 0. The number of aliphatic imine (C=N–C) groups is 1. The lowest BCUT2D eigenvalue weighted by atomic mass is 10.2. The van der Waals surface area contributed by atoms with Gasteiger partial charge in [0, 0.05) is 0 Å². The molecule has 0 saturated carbocycles. The van der Waals surface area contributed by atoms with E-state index in [4.69, 9.17) is 4.74 Å². The van der Waals surface area contributed by atoms with E-state index in [1.165, 1.54) is 0 Å². The van der Waals surface area contributed by atoms with Gasteiger partial charge in [-0.15, -0.1) is 0 Å². The summed E-state index contributed by atoms with van der Waals surface area (Å²) < 4.78 is 5.59. The van der Waals surface area contributed by atoms with Gasteiger partial charge in [0.2, 0.25) is 0 Å². The maximum Gasteiger partial charge on any atom is 0.161 e. The van der Waals surface area contributed by atoms with Gasteiger partial charge in [-0.2, -0.15) is 0 Å². The number of amidine groups is 1. The number of hydrogen-bond donors (Lipinski definition) is 1. The molecule has 0 aliphatic carbocycles. The highest BCUT2D eigenvalue weighted by molar-refractivity contribution is 8.13. The number of rotatable bonds is 3. The van der Waals surface area contributed by atoms with Crippen LogP contribution in [0.25, 0.3) is 0 Å². The van der Waals surface area contributed by atoms with Crippen LogP contribution in [0.1, 0.15) is 5.56 Å². The molecule has 0 spiro atoms. The van der Waals surface area contributed by atoms with Crippen molar-refractivity contribution in [3.63, 3.8) is 0 Å². The Kier molecular flexibility index (Phi) is 3.88. The minimum absolute atomic E-state index is 0.564. The minimum atomic E-state index is 0.564. The predicted octanol–water partition coefficient (Wildman–Crippen LogP) is 2.53. The van der Waals surface area contributed by atoms with Crippen molar-refractivity contribution in [2.45, 2.75) is 6.61 Å². The molecule has 1 aromatic carbocycles. The second-order valence-electron chi connectivity index (χ2n) is 3.23. The van der Waals surface area contributed by atoms with E-state index < -0.39 is 0 Å². The van der Waals surface area contributed by atoms with Gasteiger partial charge in [0.15, 0.2) is 5.17 Å². The van der Waals surface area contributed by atoms with E-state index in [1.807, 2.05) is 43.1 Å². The molecule has 83 valence electrons. The number of nitrogens with one attached hydrogen (secondary N) is 1. The van der Waals surface area contributed by atoms with Crippen molar-refractivity contribution in [3.05, 3.63) is 54.4 Å². The van der Waals surface area contributed by atoms with E-state index >= 15 is 0 Å². The van der Waals surface area contributed by atoms with Crippen molar-refractivity contribution in [1.29, 1.82) is 0 Å². The number of ether oxygens (including phenoxy) is 1. The van der Waals surface area contributed by atoms with Gasteiger partial charge in [0.1, 0.15) is 18.9 Å². The molecule has 1 radical (unpaired) electrons. The van der Waals surface area contributed by atoms with Crippen LogP contribution in [0.2, 0.25) is 0 Å². The quantitative estimate of drug-likeness (QED) is 0.871. The Labute approximate surface area is 99.6 Å². The number of thioether (sulfide) groups is 1. The maximum atomic E-state index is 5.59. The second-order valence-corrected chi connectivity index (χ2v) is 4.03. The zero-order valence-corrected chi connectivity index (χ0v) is 9.83. The van der Waals surface area contributed by atoms with Crippen molar-refractivity contribution in [3.8, 4) is 0 Å². The lowest BCUT2D eigenvalue weighted by Gasteiger charge is -2.14. The summed E-state index contributed by atoms with van der Waals surface area (Å²) in [4.78, 5) is 4.19. The predicted molar refractivity (Wildman–Crippen MR) is 67.7 cm³/mol. The summed E-state index contributed by atoms with van der Waals surface area (Å²) in [5.41, 5.74) is 1.15. The molecular formula is C12H13N2OS. The lowest BCUT2D eigenvalue weighted by molar-refractivity contribution is 0.202. The molecule has 1 aliphatic rings. The Morgan fingerprint density at radius 3 is 2.75 bits per heavy atom. The smallest absolute Gasteiger partial charge is 0.161 e. The fourth-order valence-electron chi connectivity index (χ4n) is 1.26. The standard InChI is InChI=1S/C12H13N2OS/c1-16-12-13-7-11(8-14-12)15-9-10-5-3-2-4-6-10/h2-8H,9H2,1H3,(H,13,14). The maximum absolute atomic E-state index is 5.59. The highest BCUT2D eigenvalue weighted by atomic mass is 32.2. The lowest BCUT2D eigenvalue weighted by Crippen LogP contribution is -2.21. The van der Waals surface area contributed by atoms with Crippen LogP contribution in [0, 0.1) is 6.54 Å². The zero-order chi connectivity index (χ0) is 11.2. The van der Waals surface area contributed by atoms with E-state index in [0.717, 1.165) is 16.5 Å². The summed E-state index contributed by atoms with van der Waals surface area (Å²) >= 11 is 1.57. The average Bonchev–Trinajstić information content (AvgIpc) is 2.38. The van der Waals surface area contributed by atoms with Gasteiger partial charge in [-0.1, -0.05) is 42.1 Å². The summed E-state index contributed by atoms with van der Waals surface area (Å²) in [5, 5.41) is 3.93. The molecule has 1 aromatic rings. The van der Waals surface area contributed by atoms with E-state index in [2.05, 4.69) is 10.3 Å². The SMILES string of the molecule is CSC1=NC=C(OCc2ccccc2)[CH]N1. The molecular weight excluding hydrogens is 220 g/mol. The minimum Gasteiger partial charge on any atom is -0.489 e. The summed E-state index contributed by atoms with van der Waals surface area (Å²) in [5.74, 6) is 0.752. The molecule has 0 atom stereocenters. The molecule has 0 bridgehead atoms. The van der Waals surface area contributed by atoms with Gasteiger partial charge in [-0.25, -0.2) is 4.99 Å². The van der Waals surface area contributed by atoms with Crippen molar-refractivity contribution in [2.75, 3.05) is 6.26 Å². The fraction of sp³-hybridized carbons (Fsp3) is 0.167. The van der Waals surface area contributed by atoms with E-state index in [-0.39, 0.29) is 0 Å². The monoisotopic (exact) mass is 233 g/mol. The van der Waals surface area contributed by atoms with E-state index in [0.29, 0.717) is 6.61 Å². The van der Waals surface area contributed by atoms with Gasteiger partial charge in [-0.3, -0.25) is 0 Å². The topological polar surface area (TPSA) is 33.6 Å². The molecule has 0 fully saturated rings. The molecule has 2 rings (SSSR count). The first-order valence-electron chi connectivity index (χ1n) is 4.97. The summed E-state index contributed by atoms with van der Waals surface area (Å²) in [6, 6.07) is 10.1. The summed E-state index contributed by atoms with van der Waals surface area (Å²) in [6.45, 7) is 2.39. The van der Waals surface area contributed by atoms with Crippen molar-refractivity contribution >= 4 is 16.9 Å². The van der Waals surface area contributed by atoms with Crippen molar-refractivity contribution in [1.82, 2.24) is 5.32 Å². The van der Waals surface area contributed by atoms with Crippen LogP contribution >= 0.6 is 11.8 Å². The highest BCUT2D eigenvalue weighted by Gasteiger charge is 2.07. The molecule has 0 aromatic heterocycles. The Bertz CT molecular complexity index is 401. The third-order valence-electron chi connectivity index (χ3n) is 2.09. The molecule has 4 heteroatoms. The molecule has 1 aliphatic heterocycles. The Hall–Kier alpha value is -1.42. The van der Waals surface area contributed by atoms with Gasteiger partial charge in [0.05, 0.1) is 6.20 Å². The number of nitrogens with zero attached hydrogens (tertiary/aromatic N) is 1. The Morgan fingerprint density at radius 1 is 1.31 bits per heavy atom. The second kappa shape index (κ2) is 5.61. The average molecular weight is 233 g/mol. The fourth-order valence-corrected chi connectivity index (χ4v) is 1.60. The highest BCUT2D eigenvalue weighted by Crippen LogP contribution is 2.12. The van der Waals surface area contributed by atoms with Crippen molar-refractivity contribution < 1.29 is 4.74 Å². The summed E-state index contributed by atoms with van der Waals surface area (Å²) in [6.07, 6.45) is 3.70. The van der Waals surface area contributed by atoms with Gasteiger partial charge >= 0.3 is 0 Å². The molecule has 16 heavy (non-hydrogen) atoms. The van der Waals surface area contributed by atoms with Crippen LogP contribution in [0.15, 0.2) is 47.3 Å². The van der Waals surface area contributed by atoms with Crippen LogP contribution in [-0.2, 0) is 11.3 Å². The largest absolute Gasteiger partial charge is 0.489 e. The normalized spacial score (nSPS) is 14.8. The van der Waals surface area contributed by atoms with Crippen LogP contribution in [-0.4, -0.2) is 11.4 Å². The molecule has 0 unspecified atom stereocenters. The number of benzene rings is 1. The van der Waals surface area contributed by atoms with E-state index in [9.17, 15) is 0 Å². The van der Waals surface area contributed by atoms with Crippen LogP contribution in [0.3, 0.4) is 0 Å². The molecule has 1 N–H and O–H groups in total. The first-order chi connectivity index (χ1) is 7.88.